The number of pyridine rings is 1. The van der Waals surface area contributed by atoms with Gasteiger partial charge in [-0.25, -0.2) is 14.2 Å². The Balaban J connectivity index is 1.51. The van der Waals surface area contributed by atoms with Gasteiger partial charge in [0.25, 0.3) is 0 Å². The highest BCUT2D eigenvalue weighted by Crippen LogP contribution is 2.31. The van der Waals surface area contributed by atoms with Crippen LogP contribution < -0.4 is 10.6 Å². The molecule has 33 heavy (non-hydrogen) atoms. The van der Waals surface area contributed by atoms with Crippen molar-refractivity contribution in [1.29, 1.82) is 0 Å². The number of hydrogen-bond donors (Lipinski definition) is 3. The second kappa shape index (κ2) is 11.8. The number of nitrogens with zero attached hydrogens (tertiary/aromatic N) is 2. The van der Waals surface area contributed by atoms with Crippen LogP contribution in [0.2, 0.25) is 0 Å². The van der Waals surface area contributed by atoms with E-state index in [4.69, 9.17) is 0 Å². The fourth-order valence-electron chi connectivity index (χ4n) is 4.95. The quantitative estimate of drug-likeness (QED) is 0.465. The van der Waals surface area contributed by atoms with Gasteiger partial charge in [-0.3, -0.25) is 4.79 Å². The Kier molecular flexibility index (Phi) is 9.06. The molecule has 1 fully saturated rings. The van der Waals surface area contributed by atoms with E-state index >= 15 is 4.39 Å². The van der Waals surface area contributed by atoms with Gasteiger partial charge in [-0.05, 0) is 76.0 Å². The van der Waals surface area contributed by atoms with Crippen LogP contribution in [0.4, 0.5) is 10.2 Å². The molecule has 2 unspecified atom stereocenters. The van der Waals surface area contributed by atoms with Crippen molar-refractivity contribution in [3.8, 4) is 0 Å². The van der Waals surface area contributed by atoms with Crippen molar-refractivity contribution in [2.75, 3.05) is 31.5 Å². The lowest BCUT2D eigenvalue weighted by Gasteiger charge is -2.38. The van der Waals surface area contributed by atoms with Gasteiger partial charge in [-0.1, -0.05) is 19.9 Å². The van der Waals surface area contributed by atoms with Crippen LogP contribution >= 0.6 is 0 Å². The fourth-order valence-corrected chi connectivity index (χ4v) is 4.95. The summed E-state index contributed by atoms with van der Waals surface area (Å²) in [6.45, 7) is 6.28. The van der Waals surface area contributed by atoms with Crippen LogP contribution in [-0.4, -0.2) is 64.8 Å². The Bertz CT molecular complexity index is 817. The molecule has 2 aliphatic rings. The normalized spacial score (nSPS) is 21.8. The first kappa shape index (κ1) is 25.4. The van der Waals surface area contributed by atoms with E-state index in [1.165, 1.54) is 5.56 Å². The molecule has 1 aromatic rings. The zero-order chi connectivity index (χ0) is 23.8. The predicted molar refractivity (Wildman–Crippen MR) is 127 cm³/mol. The number of carbonyl (C=O) groups is 2. The first-order valence-corrected chi connectivity index (χ1v) is 12.5. The molecule has 184 valence electrons. The maximum atomic E-state index is 15.7. The molecule has 1 aromatic heterocycles. The summed E-state index contributed by atoms with van der Waals surface area (Å²) in [6.07, 6.45) is 6.03. The highest BCUT2D eigenvalue weighted by atomic mass is 19.1. The van der Waals surface area contributed by atoms with Gasteiger partial charge in [0.1, 0.15) is 17.5 Å². The summed E-state index contributed by atoms with van der Waals surface area (Å²) in [5.41, 5.74) is 0.834. The Labute approximate surface area is 196 Å². The lowest BCUT2D eigenvalue weighted by molar-refractivity contribution is -0.142. The number of amides is 1. The first-order chi connectivity index (χ1) is 15.8. The van der Waals surface area contributed by atoms with Crippen molar-refractivity contribution in [1.82, 2.24) is 15.2 Å². The Morgan fingerprint density at radius 3 is 2.82 bits per heavy atom. The van der Waals surface area contributed by atoms with E-state index in [1.54, 1.807) is 0 Å². The standard InChI is InChI=1S/C25H39FN4O3/c1-3-18(4-2)23(31)29-21(24(32)33)11-16-30-15-6-12-25(26,17-30)13-10-20-9-8-19-7-5-14-27-22(19)28-20/h8-9,18,21H,3-7,10-17H2,1-2H3,(H,27,28)(H,29,31)(H,32,33). The molecule has 0 aliphatic carbocycles. The fraction of sp³-hybridized carbons (Fsp3) is 0.720. The van der Waals surface area contributed by atoms with Crippen LogP contribution in [0.3, 0.4) is 0 Å². The summed E-state index contributed by atoms with van der Waals surface area (Å²) in [6, 6.07) is 3.17. The molecule has 8 heteroatoms. The van der Waals surface area contributed by atoms with E-state index in [2.05, 4.69) is 21.7 Å². The third-order valence-electron chi connectivity index (χ3n) is 7.09. The van der Waals surface area contributed by atoms with E-state index in [-0.39, 0.29) is 18.2 Å². The lowest BCUT2D eigenvalue weighted by Crippen LogP contribution is -2.49. The zero-order valence-corrected chi connectivity index (χ0v) is 20.0. The first-order valence-electron chi connectivity index (χ1n) is 12.5. The average Bonchev–Trinajstić information content (AvgIpc) is 2.81. The summed E-state index contributed by atoms with van der Waals surface area (Å²) in [7, 11) is 0. The highest BCUT2D eigenvalue weighted by Gasteiger charge is 2.36. The van der Waals surface area contributed by atoms with Crippen LogP contribution in [0.5, 0.6) is 0 Å². The van der Waals surface area contributed by atoms with Gasteiger partial charge < -0.3 is 20.6 Å². The number of alkyl halides is 1. The highest BCUT2D eigenvalue weighted by molar-refractivity contribution is 5.84. The molecule has 1 saturated heterocycles. The predicted octanol–water partition coefficient (Wildman–Crippen LogP) is 3.57. The number of carbonyl (C=O) groups excluding carboxylic acids is 1. The molecule has 7 nitrogen and oxygen atoms in total. The van der Waals surface area contributed by atoms with E-state index in [0.29, 0.717) is 45.2 Å². The third kappa shape index (κ3) is 7.13. The number of piperidine rings is 1. The number of fused-ring (bicyclic) bond motifs is 1. The number of rotatable bonds is 11. The van der Waals surface area contributed by atoms with Crippen molar-refractivity contribution in [3.63, 3.8) is 0 Å². The van der Waals surface area contributed by atoms with Gasteiger partial charge in [0.2, 0.25) is 5.91 Å². The smallest absolute Gasteiger partial charge is 0.326 e. The SMILES string of the molecule is CCC(CC)C(=O)NC(CCN1CCCC(F)(CCc2ccc3c(n2)NCCC3)C1)C(=O)O. The van der Waals surface area contributed by atoms with Gasteiger partial charge >= 0.3 is 5.97 Å². The maximum Gasteiger partial charge on any atom is 0.326 e. The van der Waals surface area contributed by atoms with Gasteiger partial charge in [0, 0.05) is 31.2 Å². The summed E-state index contributed by atoms with van der Waals surface area (Å²) in [5, 5.41) is 15.6. The number of aliphatic carboxylic acids is 1. The van der Waals surface area contributed by atoms with Crippen molar-refractivity contribution < 1.29 is 19.1 Å². The number of likely N-dealkylation sites (tertiary alicyclic amines) is 1. The monoisotopic (exact) mass is 462 g/mol. The van der Waals surface area contributed by atoms with Crippen LogP contribution in [0.1, 0.15) is 70.1 Å². The number of carboxylic acid groups (broad SMARTS) is 1. The van der Waals surface area contributed by atoms with E-state index in [0.717, 1.165) is 43.9 Å². The largest absolute Gasteiger partial charge is 0.480 e. The number of anilines is 1. The molecule has 2 atom stereocenters. The zero-order valence-electron chi connectivity index (χ0n) is 20.0. The van der Waals surface area contributed by atoms with Crippen molar-refractivity contribution in [2.24, 2.45) is 5.92 Å². The number of aromatic nitrogens is 1. The van der Waals surface area contributed by atoms with Gasteiger partial charge in [-0.2, -0.15) is 0 Å². The van der Waals surface area contributed by atoms with Crippen LogP contribution in [0, 0.1) is 5.92 Å². The average molecular weight is 463 g/mol. The number of carboxylic acids is 1. The van der Waals surface area contributed by atoms with Crippen molar-refractivity contribution in [2.45, 2.75) is 83.3 Å². The summed E-state index contributed by atoms with van der Waals surface area (Å²) < 4.78 is 15.7. The van der Waals surface area contributed by atoms with Crippen LogP contribution in [0.25, 0.3) is 0 Å². The second-order valence-corrected chi connectivity index (χ2v) is 9.57. The summed E-state index contributed by atoms with van der Waals surface area (Å²) in [5.74, 6) is -0.484. The number of nitrogens with one attached hydrogen (secondary N) is 2. The molecular formula is C25H39FN4O3. The topological polar surface area (TPSA) is 94.6 Å². The van der Waals surface area contributed by atoms with Gasteiger partial charge in [0.05, 0.1) is 0 Å². The van der Waals surface area contributed by atoms with E-state index < -0.39 is 17.7 Å². The van der Waals surface area contributed by atoms with Gasteiger partial charge in [-0.15, -0.1) is 0 Å². The number of hydrogen-bond acceptors (Lipinski definition) is 5. The number of halogens is 1. The molecule has 3 N–H and O–H groups in total. The van der Waals surface area contributed by atoms with Gasteiger partial charge in [0.15, 0.2) is 0 Å². The molecule has 0 radical (unpaired) electrons. The van der Waals surface area contributed by atoms with E-state index in [1.807, 2.05) is 24.8 Å². The third-order valence-corrected chi connectivity index (χ3v) is 7.09. The second-order valence-electron chi connectivity index (χ2n) is 9.57. The molecule has 1 amide bonds. The minimum atomic E-state index is -1.30. The molecule has 0 spiro atoms. The lowest BCUT2D eigenvalue weighted by atomic mass is 9.89. The van der Waals surface area contributed by atoms with Crippen molar-refractivity contribution >= 4 is 17.7 Å². The van der Waals surface area contributed by atoms with Crippen LogP contribution in [0.15, 0.2) is 12.1 Å². The maximum absolute atomic E-state index is 15.7. The summed E-state index contributed by atoms with van der Waals surface area (Å²) >= 11 is 0. The molecule has 0 bridgehead atoms. The minimum Gasteiger partial charge on any atom is -0.480 e. The molecule has 0 saturated carbocycles. The number of aryl methyl sites for hydroxylation is 2. The molecule has 2 aliphatic heterocycles. The Morgan fingerprint density at radius 1 is 1.30 bits per heavy atom. The molecule has 3 rings (SSSR count). The summed E-state index contributed by atoms with van der Waals surface area (Å²) in [4.78, 5) is 30.7. The molecule has 3 heterocycles. The van der Waals surface area contributed by atoms with Crippen LogP contribution in [-0.2, 0) is 22.4 Å². The molecular weight excluding hydrogens is 423 g/mol. The Morgan fingerprint density at radius 2 is 2.09 bits per heavy atom. The Hall–Kier alpha value is -2.22. The van der Waals surface area contributed by atoms with Crippen molar-refractivity contribution in [3.05, 3.63) is 23.4 Å². The van der Waals surface area contributed by atoms with E-state index in [9.17, 15) is 14.7 Å². The molecule has 0 aromatic carbocycles. The minimum absolute atomic E-state index is 0.173.